The summed E-state index contributed by atoms with van der Waals surface area (Å²) in [6.07, 6.45) is 2.23. The molecule has 0 aliphatic heterocycles. The van der Waals surface area contributed by atoms with Crippen LogP contribution in [-0.2, 0) is 22.5 Å². The topological polar surface area (TPSA) is 110 Å². The van der Waals surface area contributed by atoms with Crippen LogP contribution in [0.5, 0.6) is 0 Å². The average Bonchev–Trinajstić information content (AvgIpc) is 3.45. The molecule has 0 saturated carbocycles. The Balaban J connectivity index is 1.56. The van der Waals surface area contributed by atoms with Gasteiger partial charge in [-0.05, 0) is 56.5 Å². The lowest BCUT2D eigenvalue weighted by atomic mass is 10.0. The smallest absolute Gasteiger partial charge is 0.339 e. The largest absolute Gasteiger partial charge is 0.467 e. The number of carbonyl (C=O) groups excluding carboxylic acids is 2. The number of nitrogens with zero attached hydrogens (tertiary/aromatic N) is 3. The quantitative estimate of drug-likeness (QED) is 0.387. The van der Waals surface area contributed by atoms with Crippen LogP contribution in [0.4, 0.5) is 5.82 Å². The molecule has 3 aromatic heterocycles. The first kappa shape index (κ1) is 23.8. The lowest BCUT2D eigenvalue weighted by Gasteiger charge is -2.14. The van der Waals surface area contributed by atoms with Gasteiger partial charge in [-0.15, -0.1) is 0 Å². The van der Waals surface area contributed by atoms with E-state index in [2.05, 4.69) is 16.4 Å². The van der Waals surface area contributed by atoms with E-state index in [1.807, 2.05) is 58.0 Å². The maximum Gasteiger partial charge on any atom is 0.339 e. The highest BCUT2D eigenvalue weighted by Gasteiger charge is 2.23. The van der Waals surface area contributed by atoms with Crippen molar-refractivity contribution in [3.8, 4) is 6.07 Å². The molecule has 0 spiro atoms. The van der Waals surface area contributed by atoms with Gasteiger partial charge in [-0.2, -0.15) is 5.26 Å². The summed E-state index contributed by atoms with van der Waals surface area (Å²) in [5.41, 5.74) is 4.60. The molecule has 0 aliphatic rings. The van der Waals surface area contributed by atoms with Crippen molar-refractivity contribution in [2.45, 2.75) is 40.7 Å². The van der Waals surface area contributed by atoms with Crippen molar-refractivity contribution in [2.24, 2.45) is 0 Å². The zero-order valence-electron chi connectivity index (χ0n) is 20.1. The number of fused-ring (bicyclic) bond motifs is 1. The number of anilines is 1. The number of carbonyl (C=O) groups is 2. The third-order valence-corrected chi connectivity index (χ3v) is 6.20. The molecule has 0 saturated heterocycles. The molecule has 1 amide bonds. The molecule has 178 valence electrons. The minimum atomic E-state index is -0.593. The molecular formula is C27H26N4O4. The summed E-state index contributed by atoms with van der Waals surface area (Å²) in [6, 6.07) is 13.1. The van der Waals surface area contributed by atoms with Crippen molar-refractivity contribution < 1.29 is 18.7 Å². The Morgan fingerprint density at radius 2 is 1.91 bits per heavy atom. The molecule has 3 heterocycles. The number of nitrogens with one attached hydrogen (secondary N) is 1. The molecule has 8 nitrogen and oxygen atoms in total. The molecule has 0 aliphatic carbocycles. The third-order valence-electron chi connectivity index (χ3n) is 6.20. The fourth-order valence-electron chi connectivity index (χ4n) is 4.22. The molecule has 0 radical (unpaired) electrons. The van der Waals surface area contributed by atoms with E-state index in [0.29, 0.717) is 46.6 Å². The monoisotopic (exact) mass is 470 g/mol. The van der Waals surface area contributed by atoms with E-state index in [-0.39, 0.29) is 0 Å². The Morgan fingerprint density at radius 1 is 1.14 bits per heavy atom. The van der Waals surface area contributed by atoms with E-state index in [1.54, 1.807) is 16.9 Å². The Kier molecular flexibility index (Phi) is 6.69. The second-order valence-electron chi connectivity index (χ2n) is 8.26. The second-order valence-corrected chi connectivity index (χ2v) is 8.26. The minimum absolute atomic E-state index is 0.346. The van der Waals surface area contributed by atoms with Crippen LogP contribution in [0.1, 0.15) is 51.1 Å². The minimum Gasteiger partial charge on any atom is -0.467 e. The van der Waals surface area contributed by atoms with Crippen LogP contribution in [-0.4, -0.2) is 28.0 Å². The summed E-state index contributed by atoms with van der Waals surface area (Å²) < 4.78 is 12.7. The van der Waals surface area contributed by atoms with E-state index < -0.39 is 18.5 Å². The highest BCUT2D eigenvalue weighted by molar-refractivity contribution is 6.06. The predicted molar refractivity (Wildman–Crippen MR) is 131 cm³/mol. The number of nitriles is 1. The molecule has 0 fully saturated rings. The molecule has 8 heteroatoms. The van der Waals surface area contributed by atoms with Gasteiger partial charge in [0.15, 0.2) is 6.61 Å². The summed E-state index contributed by atoms with van der Waals surface area (Å²) in [7, 11) is 0. The van der Waals surface area contributed by atoms with Gasteiger partial charge in [0.25, 0.3) is 5.91 Å². The fourth-order valence-corrected chi connectivity index (χ4v) is 4.22. The summed E-state index contributed by atoms with van der Waals surface area (Å²) in [5, 5.41) is 13.1. The number of rotatable bonds is 7. The molecule has 4 rings (SSSR count). The lowest BCUT2D eigenvalue weighted by molar-refractivity contribution is -0.119. The van der Waals surface area contributed by atoms with Gasteiger partial charge in [0.05, 0.1) is 29.5 Å². The Labute approximate surface area is 203 Å². The molecule has 4 aromatic rings. The van der Waals surface area contributed by atoms with Crippen LogP contribution >= 0.6 is 0 Å². The molecular weight excluding hydrogens is 444 g/mol. The van der Waals surface area contributed by atoms with Gasteiger partial charge < -0.3 is 19.0 Å². The molecule has 1 aromatic carbocycles. The number of pyridine rings is 1. The number of hydrogen-bond donors (Lipinski definition) is 1. The van der Waals surface area contributed by atoms with Crippen molar-refractivity contribution >= 4 is 28.6 Å². The van der Waals surface area contributed by atoms with E-state index in [0.717, 1.165) is 22.5 Å². The first-order chi connectivity index (χ1) is 16.8. The average molecular weight is 471 g/mol. The summed E-state index contributed by atoms with van der Waals surface area (Å²) in [4.78, 5) is 30.5. The summed E-state index contributed by atoms with van der Waals surface area (Å²) >= 11 is 0. The molecule has 35 heavy (non-hydrogen) atoms. The van der Waals surface area contributed by atoms with Crippen LogP contribution < -0.4 is 5.32 Å². The van der Waals surface area contributed by atoms with Gasteiger partial charge in [0.1, 0.15) is 17.6 Å². The van der Waals surface area contributed by atoms with Crippen molar-refractivity contribution in [3.63, 3.8) is 0 Å². The number of hydrogen-bond acceptors (Lipinski definition) is 6. The van der Waals surface area contributed by atoms with Crippen LogP contribution in [0.2, 0.25) is 0 Å². The van der Waals surface area contributed by atoms with Crippen LogP contribution in [0.15, 0.2) is 47.1 Å². The molecule has 1 N–H and O–H groups in total. The number of aromatic nitrogens is 2. The highest BCUT2D eigenvalue weighted by Crippen LogP contribution is 2.28. The fraction of sp³-hybridized carbons (Fsp3) is 0.259. The molecule has 0 bridgehead atoms. The maximum absolute atomic E-state index is 13.1. The number of esters is 1. The van der Waals surface area contributed by atoms with Gasteiger partial charge in [0, 0.05) is 16.8 Å². The van der Waals surface area contributed by atoms with Gasteiger partial charge in [-0.25, -0.2) is 4.79 Å². The number of amides is 1. The maximum atomic E-state index is 13.1. The standard InChI is InChI=1S/C27H26N4O4/c1-5-22-17(3)25(20-10-6-7-11-23(20)29-22)27(33)35-15-24(32)30-26-21(13-28)16(2)18(4)31(26)14-19-9-8-12-34-19/h6-12H,5,14-15H2,1-4H3,(H,30,32). The van der Waals surface area contributed by atoms with Crippen LogP contribution in [0.25, 0.3) is 10.9 Å². The molecule has 0 unspecified atom stereocenters. The number of ether oxygens (including phenoxy) is 1. The predicted octanol–water partition coefficient (Wildman–Crippen LogP) is 4.83. The van der Waals surface area contributed by atoms with E-state index >= 15 is 0 Å². The number of aryl methyl sites for hydroxylation is 1. The van der Waals surface area contributed by atoms with Crippen molar-refractivity contribution in [1.82, 2.24) is 9.55 Å². The second kappa shape index (κ2) is 9.85. The van der Waals surface area contributed by atoms with Gasteiger partial charge in [-0.1, -0.05) is 25.1 Å². The van der Waals surface area contributed by atoms with Crippen LogP contribution in [0.3, 0.4) is 0 Å². The number of benzene rings is 1. The zero-order valence-corrected chi connectivity index (χ0v) is 20.1. The zero-order chi connectivity index (χ0) is 25.1. The summed E-state index contributed by atoms with van der Waals surface area (Å²) in [5.74, 6) is -0.107. The van der Waals surface area contributed by atoms with E-state index in [9.17, 15) is 14.9 Å². The van der Waals surface area contributed by atoms with Crippen molar-refractivity contribution in [2.75, 3.05) is 11.9 Å². The lowest BCUT2D eigenvalue weighted by Crippen LogP contribution is -2.23. The van der Waals surface area contributed by atoms with Gasteiger partial charge in [0.2, 0.25) is 0 Å². The van der Waals surface area contributed by atoms with Crippen LogP contribution in [0, 0.1) is 32.1 Å². The van der Waals surface area contributed by atoms with Crippen molar-refractivity contribution in [3.05, 3.63) is 82.1 Å². The van der Waals surface area contributed by atoms with Gasteiger partial charge in [-0.3, -0.25) is 9.78 Å². The highest BCUT2D eigenvalue weighted by atomic mass is 16.5. The third kappa shape index (κ3) is 4.53. The first-order valence-corrected chi connectivity index (χ1v) is 11.3. The van der Waals surface area contributed by atoms with Gasteiger partial charge >= 0.3 is 5.97 Å². The van der Waals surface area contributed by atoms with Crippen molar-refractivity contribution in [1.29, 1.82) is 5.26 Å². The molecule has 0 atom stereocenters. The summed E-state index contributed by atoms with van der Waals surface area (Å²) in [6.45, 7) is 7.36. The first-order valence-electron chi connectivity index (χ1n) is 11.3. The van der Waals surface area contributed by atoms with E-state index in [4.69, 9.17) is 9.15 Å². The Morgan fingerprint density at radius 3 is 2.60 bits per heavy atom. The van der Waals surface area contributed by atoms with E-state index in [1.165, 1.54) is 0 Å². The normalized spacial score (nSPS) is 10.8. The number of furan rings is 1. The number of para-hydroxylation sites is 1. The SMILES string of the molecule is CCc1nc2ccccc2c(C(=O)OCC(=O)Nc2c(C#N)c(C)c(C)n2Cc2ccco2)c1C. The Hall–Kier alpha value is -4.38. The Bertz CT molecular complexity index is 1460.